The molecule has 0 bridgehead atoms. The van der Waals surface area contributed by atoms with Gasteiger partial charge in [0.25, 0.3) is 0 Å². The van der Waals surface area contributed by atoms with Crippen LogP contribution in [0.4, 0.5) is 0 Å². The molecule has 0 atom stereocenters. The molecule has 0 saturated carbocycles. The second-order valence-corrected chi connectivity index (χ2v) is 1.41. The summed E-state index contributed by atoms with van der Waals surface area (Å²) in [6, 6.07) is 0. The molecule has 0 unspecified atom stereocenters. The van der Waals surface area contributed by atoms with Gasteiger partial charge in [0.05, 0.1) is 19.0 Å². The lowest BCUT2D eigenvalue weighted by molar-refractivity contribution is 0.294. The molecule has 0 fully saturated rings. The topological polar surface area (TPSA) is 44.6 Å². The quantitative estimate of drug-likeness (QED) is 0.243. The molecule has 3 nitrogen and oxygen atoms in total. The van der Waals surface area contributed by atoms with Crippen molar-refractivity contribution in [3.8, 4) is 0 Å². The summed E-state index contributed by atoms with van der Waals surface area (Å²) in [5, 5.41) is 11.8. The van der Waals surface area contributed by atoms with Crippen LogP contribution in [0, 0.1) is 0 Å². The van der Waals surface area contributed by atoms with Gasteiger partial charge in [-0.05, 0) is 0 Å². The number of hydrogen-bond acceptors (Lipinski definition) is 3. The number of hydrazone groups is 1. The SMILES string of the molecule is OCCNN=CCCl. The summed E-state index contributed by atoms with van der Waals surface area (Å²) >= 11 is 5.23. The van der Waals surface area contributed by atoms with Gasteiger partial charge in [0.15, 0.2) is 0 Å². The lowest BCUT2D eigenvalue weighted by atomic mass is 10.7. The van der Waals surface area contributed by atoms with Gasteiger partial charge in [0.1, 0.15) is 0 Å². The first-order chi connectivity index (χ1) is 3.91. The molecule has 0 amide bonds. The van der Waals surface area contributed by atoms with Crippen LogP contribution >= 0.6 is 11.6 Å². The van der Waals surface area contributed by atoms with E-state index >= 15 is 0 Å². The molecule has 0 aromatic heterocycles. The lowest BCUT2D eigenvalue weighted by Crippen LogP contribution is -2.11. The lowest BCUT2D eigenvalue weighted by Gasteiger charge is -1.91. The smallest absolute Gasteiger partial charge is 0.0620 e. The van der Waals surface area contributed by atoms with E-state index in [1.54, 1.807) is 0 Å². The van der Waals surface area contributed by atoms with Crippen LogP contribution in [-0.2, 0) is 0 Å². The van der Waals surface area contributed by atoms with Crippen molar-refractivity contribution in [3.05, 3.63) is 0 Å². The Hall–Kier alpha value is -0.280. The van der Waals surface area contributed by atoms with Gasteiger partial charge in [-0.1, -0.05) is 0 Å². The molecule has 2 N–H and O–H groups in total. The molecule has 48 valence electrons. The Morgan fingerprint density at radius 3 is 3.00 bits per heavy atom. The van der Waals surface area contributed by atoms with Crippen LogP contribution in [0.3, 0.4) is 0 Å². The average Bonchev–Trinajstić information content (AvgIpc) is 1.81. The first-order valence-corrected chi connectivity index (χ1v) is 2.86. The Kier molecular flexibility index (Phi) is 6.48. The van der Waals surface area contributed by atoms with Crippen LogP contribution in [0.2, 0.25) is 0 Å². The number of aliphatic hydroxyl groups excluding tert-OH is 1. The fourth-order valence-electron chi connectivity index (χ4n) is 0.214. The van der Waals surface area contributed by atoms with Crippen molar-refractivity contribution in [2.24, 2.45) is 5.10 Å². The second kappa shape index (κ2) is 6.72. The van der Waals surface area contributed by atoms with E-state index in [9.17, 15) is 0 Å². The van der Waals surface area contributed by atoms with E-state index in [0.717, 1.165) is 0 Å². The van der Waals surface area contributed by atoms with E-state index in [4.69, 9.17) is 16.7 Å². The number of hydrogen-bond donors (Lipinski definition) is 2. The number of aliphatic hydroxyl groups is 1. The van der Waals surface area contributed by atoms with Crippen molar-refractivity contribution < 1.29 is 5.11 Å². The van der Waals surface area contributed by atoms with Gasteiger partial charge in [-0.3, -0.25) is 0 Å². The monoisotopic (exact) mass is 136 g/mol. The highest BCUT2D eigenvalue weighted by atomic mass is 35.5. The minimum Gasteiger partial charge on any atom is -0.394 e. The molecular formula is C4H9ClN2O. The number of nitrogens with one attached hydrogen (secondary N) is 1. The maximum Gasteiger partial charge on any atom is 0.0620 e. The minimum atomic E-state index is 0.0969. The van der Waals surface area contributed by atoms with Gasteiger partial charge >= 0.3 is 0 Å². The molecule has 0 aliphatic carbocycles. The Labute approximate surface area is 53.3 Å². The zero-order valence-corrected chi connectivity index (χ0v) is 5.23. The normalized spacial score (nSPS) is 10.2. The van der Waals surface area contributed by atoms with E-state index in [-0.39, 0.29) is 6.61 Å². The van der Waals surface area contributed by atoms with Crippen LogP contribution in [0.15, 0.2) is 5.10 Å². The number of rotatable bonds is 4. The summed E-state index contributed by atoms with van der Waals surface area (Å²) < 4.78 is 0. The summed E-state index contributed by atoms with van der Waals surface area (Å²) in [4.78, 5) is 0. The molecule has 0 heterocycles. The second-order valence-electron chi connectivity index (χ2n) is 1.10. The Morgan fingerprint density at radius 2 is 2.50 bits per heavy atom. The summed E-state index contributed by atoms with van der Waals surface area (Å²) in [7, 11) is 0. The summed E-state index contributed by atoms with van der Waals surface area (Å²) in [5.41, 5.74) is 2.57. The minimum absolute atomic E-state index is 0.0969. The van der Waals surface area contributed by atoms with Crippen molar-refractivity contribution in [1.29, 1.82) is 0 Å². The number of nitrogens with zero attached hydrogens (tertiary/aromatic N) is 1. The molecule has 8 heavy (non-hydrogen) atoms. The van der Waals surface area contributed by atoms with Crippen LogP contribution in [-0.4, -0.2) is 30.4 Å². The summed E-state index contributed by atoms with van der Waals surface area (Å²) in [5.74, 6) is 0.401. The third-order valence-electron chi connectivity index (χ3n) is 0.475. The highest BCUT2D eigenvalue weighted by Gasteiger charge is 1.72. The molecule has 0 aromatic rings. The van der Waals surface area contributed by atoms with Gasteiger partial charge < -0.3 is 10.5 Å². The van der Waals surface area contributed by atoms with Crippen LogP contribution in [0.25, 0.3) is 0 Å². The fourth-order valence-corrected chi connectivity index (χ4v) is 0.283. The van der Waals surface area contributed by atoms with Crippen molar-refractivity contribution in [3.63, 3.8) is 0 Å². The van der Waals surface area contributed by atoms with Gasteiger partial charge in [-0.2, -0.15) is 5.10 Å². The maximum absolute atomic E-state index is 8.20. The van der Waals surface area contributed by atoms with Crippen LogP contribution in [0.5, 0.6) is 0 Å². The maximum atomic E-state index is 8.20. The van der Waals surface area contributed by atoms with Crippen LogP contribution in [0.1, 0.15) is 0 Å². The largest absolute Gasteiger partial charge is 0.394 e. The summed E-state index contributed by atoms with van der Waals surface area (Å²) in [6.07, 6.45) is 1.53. The highest BCUT2D eigenvalue weighted by molar-refractivity contribution is 6.24. The standard InChI is InChI=1S/C4H9ClN2O/c5-1-2-6-7-3-4-8/h2,7-8H,1,3-4H2. The predicted octanol–water partition coefficient (Wildman–Crippen LogP) is -0.207. The molecule has 0 radical (unpaired) electrons. The van der Waals surface area contributed by atoms with Gasteiger partial charge in [0, 0.05) is 6.21 Å². The van der Waals surface area contributed by atoms with E-state index in [0.29, 0.717) is 12.4 Å². The third kappa shape index (κ3) is 5.72. The van der Waals surface area contributed by atoms with Crippen molar-refractivity contribution in [2.45, 2.75) is 0 Å². The van der Waals surface area contributed by atoms with Crippen molar-refractivity contribution in [1.82, 2.24) is 5.43 Å². The Bertz CT molecular complexity index is 67.1. The van der Waals surface area contributed by atoms with E-state index in [2.05, 4.69) is 10.5 Å². The molecule has 0 aromatic carbocycles. The molecule has 4 heteroatoms. The molecular weight excluding hydrogens is 128 g/mol. The van der Waals surface area contributed by atoms with Gasteiger partial charge in [-0.25, -0.2) is 0 Å². The molecule has 0 rings (SSSR count). The third-order valence-corrected chi connectivity index (χ3v) is 0.613. The zero-order valence-electron chi connectivity index (χ0n) is 4.47. The van der Waals surface area contributed by atoms with Crippen molar-refractivity contribution >= 4 is 17.8 Å². The summed E-state index contributed by atoms with van der Waals surface area (Å²) in [6.45, 7) is 0.576. The molecule has 0 saturated heterocycles. The average molecular weight is 137 g/mol. The van der Waals surface area contributed by atoms with E-state index < -0.39 is 0 Å². The van der Waals surface area contributed by atoms with Gasteiger partial charge in [-0.15, -0.1) is 11.6 Å². The number of alkyl halides is 1. The highest BCUT2D eigenvalue weighted by Crippen LogP contribution is 1.64. The zero-order chi connectivity index (χ0) is 6.24. The predicted molar refractivity (Wildman–Crippen MR) is 34.3 cm³/mol. The molecule has 0 spiro atoms. The number of halogens is 1. The van der Waals surface area contributed by atoms with Crippen LogP contribution < -0.4 is 5.43 Å². The Balaban J connectivity index is 2.80. The van der Waals surface area contributed by atoms with E-state index in [1.165, 1.54) is 6.21 Å². The fraction of sp³-hybridized carbons (Fsp3) is 0.750. The Morgan fingerprint density at radius 1 is 1.75 bits per heavy atom. The van der Waals surface area contributed by atoms with Gasteiger partial charge in [0.2, 0.25) is 0 Å². The van der Waals surface area contributed by atoms with E-state index in [1.807, 2.05) is 0 Å². The van der Waals surface area contributed by atoms with Crippen molar-refractivity contribution in [2.75, 3.05) is 19.0 Å². The molecule has 0 aliphatic heterocycles. The molecule has 0 aliphatic rings. The first-order valence-electron chi connectivity index (χ1n) is 2.33. The first kappa shape index (κ1) is 7.72.